The molecule has 0 N–H and O–H groups in total. The maximum atomic E-state index is 14.0. The van der Waals surface area contributed by atoms with Crippen LogP contribution >= 0.6 is 23.2 Å². The number of piperidine rings is 1. The zero-order valence-electron chi connectivity index (χ0n) is 19.4. The van der Waals surface area contributed by atoms with Crippen molar-refractivity contribution in [3.63, 3.8) is 0 Å². The number of anilines is 1. The Labute approximate surface area is 203 Å². The number of hydrogen-bond donors (Lipinski definition) is 0. The molecule has 3 rings (SSSR count). The van der Waals surface area contributed by atoms with Crippen LogP contribution in [0.4, 0.5) is 18.9 Å². The first-order valence-corrected chi connectivity index (χ1v) is 11.7. The second-order valence-corrected chi connectivity index (χ2v) is 7.43. The highest BCUT2D eigenvalue weighted by Gasteiger charge is 2.23. The predicted octanol–water partition coefficient (Wildman–Crippen LogP) is 8.04. The normalized spacial score (nSPS) is 13.5. The smallest absolute Gasteiger partial charge is 0.387 e. The molecule has 4 nitrogen and oxygen atoms in total. The largest absolute Gasteiger partial charge is 0.489 e. The molecule has 0 atom stereocenters. The van der Waals surface area contributed by atoms with Crippen LogP contribution in [0.3, 0.4) is 0 Å². The highest BCUT2D eigenvalue weighted by molar-refractivity contribution is 6.32. The van der Waals surface area contributed by atoms with Gasteiger partial charge in [-0.2, -0.15) is 8.78 Å². The predicted molar refractivity (Wildman–Crippen MR) is 128 cm³/mol. The van der Waals surface area contributed by atoms with Gasteiger partial charge in [-0.05, 0) is 31.2 Å². The van der Waals surface area contributed by atoms with Crippen molar-refractivity contribution in [1.29, 1.82) is 0 Å². The Bertz CT molecular complexity index is 905. The van der Waals surface area contributed by atoms with Crippen LogP contribution in [0, 0.1) is 5.82 Å². The quantitative estimate of drug-likeness (QED) is 0.370. The van der Waals surface area contributed by atoms with Crippen LogP contribution < -0.4 is 14.4 Å². The summed E-state index contributed by atoms with van der Waals surface area (Å²) in [5, 5.41) is 0.287. The van der Waals surface area contributed by atoms with E-state index in [2.05, 4.69) is 4.74 Å². The Hall–Kier alpha value is -2.12. The van der Waals surface area contributed by atoms with E-state index in [4.69, 9.17) is 27.9 Å². The summed E-state index contributed by atoms with van der Waals surface area (Å²) in [6, 6.07) is 7.05. The number of hydrogen-bond acceptors (Lipinski definition) is 4. The maximum absolute atomic E-state index is 14.0. The molecule has 1 aliphatic rings. The van der Waals surface area contributed by atoms with Gasteiger partial charge < -0.3 is 14.4 Å². The van der Waals surface area contributed by atoms with Gasteiger partial charge in [-0.3, -0.25) is 4.79 Å². The summed E-state index contributed by atoms with van der Waals surface area (Å²) < 4.78 is 48.9. The van der Waals surface area contributed by atoms with E-state index in [-0.39, 0.29) is 33.2 Å². The number of carbonyl (C=O) groups is 1. The van der Waals surface area contributed by atoms with Crippen molar-refractivity contribution in [3.05, 3.63) is 51.8 Å². The summed E-state index contributed by atoms with van der Waals surface area (Å²) in [4.78, 5) is 13.4. The third kappa shape index (κ3) is 8.31. The van der Waals surface area contributed by atoms with E-state index >= 15 is 0 Å². The van der Waals surface area contributed by atoms with Crippen molar-refractivity contribution < 1.29 is 27.4 Å². The second-order valence-electron chi connectivity index (χ2n) is 6.62. The lowest BCUT2D eigenvalue weighted by atomic mass is 10.1. The summed E-state index contributed by atoms with van der Waals surface area (Å²) in [6.45, 7) is 7.58. The molecule has 0 saturated carbocycles. The molecule has 2 aromatic carbocycles. The second kappa shape index (κ2) is 14.2. The number of ketones is 1. The average Bonchev–Trinajstić information content (AvgIpc) is 2.80. The Morgan fingerprint density at radius 1 is 1.00 bits per heavy atom. The summed E-state index contributed by atoms with van der Waals surface area (Å²) in [7, 11) is 0. The van der Waals surface area contributed by atoms with Crippen molar-refractivity contribution in [2.24, 2.45) is 0 Å². The number of ether oxygens (including phenoxy) is 2. The van der Waals surface area contributed by atoms with Gasteiger partial charge in [0.25, 0.3) is 0 Å². The van der Waals surface area contributed by atoms with Crippen LogP contribution in [0.15, 0.2) is 30.3 Å². The Morgan fingerprint density at radius 3 is 2.09 bits per heavy atom. The van der Waals surface area contributed by atoms with E-state index < -0.39 is 18.2 Å². The molecular weight excluding hydrogens is 478 g/mol. The molecule has 0 amide bonds. The average molecular weight is 508 g/mol. The lowest BCUT2D eigenvalue weighted by Crippen LogP contribution is -2.38. The van der Waals surface area contributed by atoms with Crippen LogP contribution in [0.5, 0.6) is 11.5 Å². The molecule has 0 aromatic heterocycles. The van der Waals surface area contributed by atoms with Crippen molar-refractivity contribution in [2.45, 2.75) is 60.2 Å². The zero-order valence-corrected chi connectivity index (χ0v) is 20.9. The van der Waals surface area contributed by atoms with Gasteiger partial charge in [0, 0.05) is 37.7 Å². The van der Waals surface area contributed by atoms with Crippen molar-refractivity contribution in [1.82, 2.24) is 0 Å². The minimum absolute atomic E-state index is 0.0747. The van der Waals surface area contributed by atoms with Gasteiger partial charge in [-0.25, -0.2) is 4.39 Å². The molecule has 0 bridgehead atoms. The van der Waals surface area contributed by atoms with Gasteiger partial charge in [0.15, 0.2) is 5.78 Å². The molecule has 33 heavy (non-hydrogen) atoms. The Kier molecular flexibility index (Phi) is 12.4. The van der Waals surface area contributed by atoms with E-state index in [1.54, 1.807) is 12.1 Å². The van der Waals surface area contributed by atoms with Crippen LogP contribution in [0.2, 0.25) is 10.0 Å². The van der Waals surface area contributed by atoms with E-state index in [9.17, 15) is 18.0 Å². The number of rotatable bonds is 6. The minimum atomic E-state index is -2.94. The van der Waals surface area contributed by atoms with E-state index in [1.807, 2.05) is 32.6 Å². The van der Waals surface area contributed by atoms with Crippen molar-refractivity contribution in [2.75, 3.05) is 18.0 Å². The molecule has 1 heterocycles. The molecule has 1 saturated heterocycles. The fourth-order valence-corrected chi connectivity index (χ4v) is 3.61. The molecule has 184 valence electrons. The first-order valence-electron chi connectivity index (χ1n) is 10.9. The Morgan fingerprint density at radius 2 is 1.58 bits per heavy atom. The summed E-state index contributed by atoms with van der Waals surface area (Å²) in [5.74, 6) is -0.957. The SMILES string of the molecule is CC.CC.CC(=O)c1cc(Cl)c(OC2CCN(c3ccc(OC(F)F)c(Cl)c3)CC2)cc1F. The molecule has 9 heteroatoms. The maximum Gasteiger partial charge on any atom is 0.387 e. The monoisotopic (exact) mass is 507 g/mol. The standard InChI is InChI=1S/C20H18Cl2F3NO3.2C2H6/c1-11(27)14-9-16(22)19(10-17(14)23)28-13-4-6-26(7-5-13)12-2-3-18(15(21)8-12)29-20(24)25;2*1-2/h2-3,8-10,13,20H,4-7H2,1H3;2*1-2H3. The first-order chi connectivity index (χ1) is 15.7. The highest BCUT2D eigenvalue weighted by atomic mass is 35.5. The first kappa shape index (κ1) is 28.9. The summed E-state index contributed by atoms with van der Waals surface area (Å²) in [6.07, 6.45) is 1.10. The molecule has 0 unspecified atom stereocenters. The lowest BCUT2D eigenvalue weighted by molar-refractivity contribution is -0.0497. The summed E-state index contributed by atoms with van der Waals surface area (Å²) >= 11 is 12.1. The van der Waals surface area contributed by atoms with Crippen LogP contribution in [0.25, 0.3) is 0 Å². The number of Topliss-reactive ketones (excluding diaryl/α,β-unsaturated/α-hetero) is 1. The van der Waals surface area contributed by atoms with E-state index in [0.29, 0.717) is 25.9 Å². The van der Waals surface area contributed by atoms with Crippen molar-refractivity contribution in [3.8, 4) is 11.5 Å². The van der Waals surface area contributed by atoms with Crippen LogP contribution in [-0.2, 0) is 0 Å². The molecule has 0 spiro atoms. The molecule has 0 aliphatic carbocycles. The fourth-order valence-electron chi connectivity index (χ4n) is 3.18. The number of benzene rings is 2. The number of halogens is 5. The molecule has 1 fully saturated rings. The topological polar surface area (TPSA) is 38.8 Å². The number of alkyl halides is 2. The van der Waals surface area contributed by atoms with E-state index in [0.717, 1.165) is 11.8 Å². The van der Waals surface area contributed by atoms with Crippen LogP contribution in [0.1, 0.15) is 57.8 Å². The third-order valence-corrected chi connectivity index (χ3v) is 5.22. The van der Waals surface area contributed by atoms with Gasteiger partial charge in [0.2, 0.25) is 0 Å². The molecule has 1 aliphatic heterocycles. The third-order valence-electron chi connectivity index (χ3n) is 4.63. The molecule has 2 aromatic rings. The lowest BCUT2D eigenvalue weighted by Gasteiger charge is -2.34. The fraction of sp³-hybridized carbons (Fsp3) is 0.458. The van der Waals surface area contributed by atoms with Gasteiger partial charge >= 0.3 is 6.61 Å². The van der Waals surface area contributed by atoms with Gasteiger partial charge in [0.1, 0.15) is 23.4 Å². The number of carbonyl (C=O) groups excluding carboxylic acids is 1. The Balaban J connectivity index is 0.00000129. The minimum Gasteiger partial charge on any atom is -0.489 e. The van der Waals surface area contributed by atoms with Gasteiger partial charge in [-0.15, -0.1) is 0 Å². The molecular formula is C24H30Cl2F3NO3. The number of nitrogens with zero attached hydrogens (tertiary/aromatic N) is 1. The van der Waals surface area contributed by atoms with Gasteiger partial charge in [-0.1, -0.05) is 50.9 Å². The van der Waals surface area contributed by atoms with E-state index in [1.165, 1.54) is 19.1 Å². The highest BCUT2D eigenvalue weighted by Crippen LogP contribution is 2.33. The van der Waals surface area contributed by atoms with Crippen LogP contribution in [-0.4, -0.2) is 31.6 Å². The zero-order chi connectivity index (χ0) is 25.1. The molecule has 0 radical (unpaired) electrons. The van der Waals surface area contributed by atoms with Gasteiger partial charge in [0.05, 0.1) is 15.6 Å². The summed E-state index contributed by atoms with van der Waals surface area (Å²) in [5.41, 5.74) is 0.707. The van der Waals surface area contributed by atoms with Crippen molar-refractivity contribution >= 4 is 34.7 Å².